The molecule has 0 amide bonds. The molecule has 0 unspecified atom stereocenters. The Morgan fingerprint density at radius 1 is 1.50 bits per heavy atom. The van der Waals surface area contributed by atoms with Gasteiger partial charge in [-0.1, -0.05) is 11.2 Å². The Hall–Kier alpha value is -1.75. The molecule has 0 aliphatic rings. The van der Waals surface area contributed by atoms with Crippen molar-refractivity contribution in [1.29, 1.82) is 0 Å². The number of nitrogens with two attached hydrogens (primary N) is 1. The maximum Gasteiger partial charge on any atom is 0.172 e. The lowest BCUT2D eigenvalue weighted by molar-refractivity contribution is 0.205. The molecule has 0 bridgehead atoms. The average Bonchev–Trinajstić information content (AvgIpc) is 2.39. The molecule has 0 aromatic heterocycles. The third-order valence-electron chi connectivity index (χ3n) is 2.82. The number of likely N-dealkylation sites (N-methyl/N-ethyl adjacent to an activating group) is 1. The number of ether oxygens (including phenoxy) is 1. The minimum absolute atomic E-state index is 0.126. The van der Waals surface area contributed by atoms with Crippen LogP contribution in [0.25, 0.3) is 0 Å². The summed E-state index contributed by atoms with van der Waals surface area (Å²) in [7, 11) is 1.68. The molecule has 1 aromatic rings. The summed E-state index contributed by atoms with van der Waals surface area (Å²) in [5.41, 5.74) is 8.54. The number of hydrogen-bond donors (Lipinski definition) is 2. The maximum absolute atomic E-state index is 8.83. The second kappa shape index (κ2) is 6.86. The Morgan fingerprint density at radius 2 is 2.22 bits per heavy atom. The third kappa shape index (κ3) is 3.37. The highest BCUT2D eigenvalue weighted by Crippen LogP contribution is 2.22. The molecule has 100 valence electrons. The van der Waals surface area contributed by atoms with Crippen LogP contribution < -0.4 is 10.6 Å². The van der Waals surface area contributed by atoms with Gasteiger partial charge in [0.25, 0.3) is 0 Å². The second-order valence-electron chi connectivity index (χ2n) is 4.08. The molecule has 5 heteroatoms. The standard InChI is InChI=1S/C13H21N3O2/c1-4-16(7-8-18-3)12-9-10(2)5-6-11(12)13(14)15-17/h5-6,9,17H,4,7-8H2,1-3H3,(H2,14,15). The number of aryl methyl sites for hydroxylation is 1. The quantitative estimate of drug-likeness (QED) is 0.348. The van der Waals surface area contributed by atoms with Crippen LogP contribution in [0.5, 0.6) is 0 Å². The minimum Gasteiger partial charge on any atom is -0.409 e. The van der Waals surface area contributed by atoms with E-state index in [0.717, 1.165) is 29.9 Å². The summed E-state index contributed by atoms with van der Waals surface area (Å²) in [4.78, 5) is 2.14. The molecule has 0 heterocycles. The van der Waals surface area contributed by atoms with E-state index < -0.39 is 0 Å². The van der Waals surface area contributed by atoms with E-state index in [-0.39, 0.29) is 5.84 Å². The Bertz CT molecular complexity index is 419. The van der Waals surface area contributed by atoms with Gasteiger partial charge in [-0.15, -0.1) is 0 Å². The molecule has 0 atom stereocenters. The molecule has 0 radical (unpaired) electrons. The smallest absolute Gasteiger partial charge is 0.172 e. The Labute approximate surface area is 108 Å². The lowest BCUT2D eigenvalue weighted by Crippen LogP contribution is -2.29. The molecule has 0 saturated carbocycles. The molecular formula is C13H21N3O2. The van der Waals surface area contributed by atoms with Crippen LogP contribution in [0.15, 0.2) is 23.4 Å². The predicted octanol–water partition coefficient (Wildman–Crippen LogP) is 1.56. The topological polar surface area (TPSA) is 71.1 Å². The monoisotopic (exact) mass is 251 g/mol. The van der Waals surface area contributed by atoms with Crippen molar-refractivity contribution in [1.82, 2.24) is 0 Å². The van der Waals surface area contributed by atoms with Crippen LogP contribution in [0, 0.1) is 6.92 Å². The van der Waals surface area contributed by atoms with Gasteiger partial charge in [-0.25, -0.2) is 0 Å². The van der Waals surface area contributed by atoms with Gasteiger partial charge in [-0.3, -0.25) is 0 Å². The van der Waals surface area contributed by atoms with Crippen LogP contribution in [0.4, 0.5) is 5.69 Å². The number of amidine groups is 1. The van der Waals surface area contributed by atoms with Crippen molar-refractivity contribution < 1.29 is 9.94 Å². The van der Waals surface area contributed by atoms with Gasteiger partial charge in [0.1, 0.15) is 0 Å². The van der Waals surface area contributed by atoms with Gasteiger partial charge >= 0.3 is 0 Å². The highest BCUT2D eigenvalue weighted by Gasteiger charge is 2.13. The van der Waals surface area contributed by atoms with Crippen LogP contribution in [0.1, 0.15) is 18.1 Å². The summed E-state index contributed by atoms with van der Waals surface area (Å²) in [6.07, 6.45) is 0. The number of anilines is 1. The Morgan fingerprint density at radius 3 is 2.78 bits per heavy atom. The van der Waals surface area contributed by atoms with E-state index in [1.54, 1.807) is 7.11 Å². The van der Waals surface area contributed by atoms with Crippen LogP contribution in [0.2, 0.25) is 0 Å². The van der Waals surface area contributed by atoms with E-state index in [4.69, 9.17) is 15.7 Å². The van der Waals surface area contributed by atoms with Gasteiger partial charge in [0.05, 0.1) is 6.61 Å². The largest absolute Gasteiger partial charge is 0.409 e. The number of oxime groups is 1. The Kier molecular flexibility index (Phi) is 5.45. The summed E-state index contributed by atoms with van der Waals surface area (Å²) < 4.78 is 5.10. The first-order valence-corrected chi connectivity index (χ1v) is 5.96. The van der Waals surface area contributed by atoms with Gasteiger partial charge in [-0.2, -0.15) is 0 Å². The second-order valence-corrected chi connectivity index (χ2v) is 4.08. The Balaban J connectivity index is 3.13. The maximum atomic E-state index is 8.83. The molecular weight excluding hydrogens is 230 g/mol. The molecule has 0 fully saturated rings. The molecule has 3 N–H and O–H groups in total. The van der Waals surface area contributed by atoms with Crippen LogP contribution in [0.3, 0.4) is 0 Å². The first kappa shape index (κ1) is 14.3. The molecule has 0 saturated heterocycles. The SMILES string of the molecule is CCN(CCOC)c1cc(C)ccc1/C(N)=N/O. The zero-order chi connectivity index (χ0) is 13.5. The minimum atomic E-state index is 0.126. The van der Waals surface area contributed by atoms with E-state index in [1.807, 2.05) is 25.1 Å². The van der Waals surface area contributed by atoms with Gasteiger partial charge in [0, 0.05) is 31.5 Å². The molecule has 0 aliphatic carbocycles. The zero-order valence-corrected chi connectivity index (χ0v) is 11.2. The van der Waals surface area contributed by atoms with Gasteiger partial charge in [-0.05, 0) is 31.5 Å². The first-order valence-electron chi connectivity index (χ1n) is 5.96. The number of hydrogen-bond acceptors (Lipinski definition) is 4. The fraction of sp³-hybridized carbons (Fsp3) is 0.462. The molecule has 1 rings (SSSR count). The zero-order valence-electron chi connectivity index (χ0n) is 11.2. The average molecular weight is 251 g/mol. The van der Waals surface area contributed by atoms with E-state index in [2.05, 4.69) is 17.0 Å². The first-order chi connectivity index (χ1) is 8.63. The third-order valence-corrected chi connectivity index (χ3v) is 2.82. The summed E-state index contributed by atoms with van der Waals surface area (Å²) in [5.74, 6) is 0.126. The molecule has 18 heavy (non-hydrogen) atoms. The van der Waals surface area contributed by atoms with Crippen molar-refractivity contribution in [3.63, 3.8) is 0 Å². The number of methoxy groups -OCH3 is 1. The molecule has 5 nitrogen and oxygen atoms in total. The molecule has 0 spiro atoms. The van der Waals surface area contributed by atoms with Crippen molar-refractivity contribution in [2.45, 2.75) is 13.8 Å². The van der Waals surface area contributed by atoms with Crippen molar-refractivity contribution in [3.05, 3.63) is 29.3 Å². The van der Waals surface area contributed by atoms with E-state index in [0.29, 0.717) is 6.61 Å². The van der Waals surface area contributed by atoms with Crippen molar-refractivity contribution in [2.24, 2.45) is 10.9 Å². The van der Waals surface area contributed by atoms with Crippen LogP contribution in [-0.4, -0.2) is 37.8 Å². The fourth-order valence-corrected chi connectivity index (χ4v) is 1.82. The van der Waals surface area contributed by atoms with E-state index in [1.165, 1.54) is 0 Å². The van der Waals surface area contributed by atoms with Gasteiger partial charge < -0.3 is 20.6 Å². The van der Waals surface area contributed by atoms with Crippen LogP contribution in [-0.2, 0) is 4.74 Å². The molecule has 1 aromatic carbocycles. The van der Waals surface area contributed by atoms with Crippen molar-refractivity contribution >= 4 is 11.5 Å². The normalized spacial score (nSPS) is 11.6. The summed E-state index contributed by atoms with van der Waals surface area (Å²) in [6.45, 7) is 6.32. The number of nitrogens with zero attached hydrogens (tertiary/aromatic N) is 2. The van der Waals surface area contributed by atoms with Crippen molar-refractivity contribution in [2.75, 3.05) is 31.7 Å². The molecule has 0 aliphatic heterocycles. The van der Waals surface area contributed by atoms with E-state index >= 15 is 0 Å². The van der Waals surface area contributed by atoms with Gasteiger partial charge in [0.15, 0.2) is 5.84 Å². The lowest BCUT2D eigenvalue weighted by Gasteiger charge is -2.25. The lowest BCUT2D eigenvalue weighted by atomic mass is 10.1. The fourth-order valence-electron chi connectivity index (χ4n) is 1.82. The summed E-state index contributed by atoms with van der Waals surface area (Å²) in [5, 5.41) is 11.9. The number of benzene rings is 1. The van der Waals surface area contributed by atoms with Crippen LogP contribution >= 0.6 is 0 Å². The highest BCUT2D eigenvalue weighted by atomic mass is 16.5. The highest BCUT2D eigenvalue weighted by molar-refractivity contribution is 6.02. The van der Waals surface area contributed by atoms with E-state index in [9.17, 15) is 0 Å². The van der Waals surface area contributed by atoms with Crippen molar-refractivity contribution in [3.8, 4) is 0 Å². The predicted molar refractivity (Wildman–Crippen MR) is 73.5 cm³/mol. The number of rotatable bonds is 6. The summed E-state index contributed by atoms with van der Waals surface area (Å²) >= 11 is 0. The summed E-state index contributed by atoms with van der Waals surface area (Å²) in [6, 6.07) is 5.85. The van der Waals surface area contributed by atoms with Gasteiger partial charge in [0.2, 0.25) is 0 Å².